The zero-order chi connectivity index (χ0) is 25.8. The van der Waals surface area contributed by atoms with Gasteiger partial charge in [0, 0.05) is 22.0 Å². The molecule has 2 saturated heterocycles. The summed E-state index contributed by atoms with van der Waals surface area (Å²) in [6.07, 6.45) is 2.38. The third kappa shape index (κ3) is 3.70. The highest BCUT2D eigenvalue weighted by Gasteiger charge is 2.61. The van der Waals surface area contributed by atoms with Crippen LogP contribution in [0, 0.1) is 27.4 Å². The Kier molecular flexibility index (Phi) is 5.71. The molecule has 186 valence electrons. The average Bonchev–Trinajstić information content (AvgIpc) is 3.54. The van der Waals surface area contributed by atoms with Crippen LogP contribution in [0.4, 0.5) is 16.4 Å². The van der Waals surface area contributed by atoms with Crippen LogP contribution in [0.15, 0.2) is 48.5 Å². The second-order valence-corrected chi connectivity index (χ2v) is 10.7. The molecular formula is C26H19ClN4O5S. The number of nitro groups is 1. The maximum atomic E-state index is 14.0. The molecule has 3 aromatic rings. The lowest BCUT2D eigenvalue weighted by Gasteiger charge is -2.28. The van der Waals surface area contributed by atoms with Gasteiger partial charge in [0.25, 0.3) is 11.6 Å². The number of carbonyl (C=O) groups is 2. The molecule has 1 aromatic heterocycles. The summed E-state index contributed by atoms with van der Waals surface area (Å²) in [7, 11) is 0. The molecule has 2 fully saturated rings. The van der Waals surface area contributed by atoms with Crippen LogP contribution in [-0.2, 0) is 27.3 Å². The van der Waals surface area contributed by atoms with E-state index in [1.165, 1.54) is 28.5 Å². The van der Waals surface area contributed by atoms with Gasteiger partial charge in [0.2, 0.25) is 5.91 Å². The Morgan fingerprint density at radius 1 is 1.11 bits per heavy atom. The number of imide groups is 1. The number of nitro benzene ring substituents is 1. The minimum Gasteiger partial charge on any atom is -0.273 e. The maximum Gasteiger partial charge on any atom is 0.269 e. The van der Waals surface area contributed by atoms with Crippen LogP contribution >= 0.6 is 22.9 Å². The van der Waals surface area contributed by atoms with Gasteiger partial charge in [-0.15, -0.1) is 11.3 Å². The van der Waals surface area contributed by atoms with E-state index in [2.05, 4.69) is 6.07 Å². The van der Waals surface area contributed by atoms with Crippen molar-refractivity contribution >= 4 is 51.1 Å². The number of halogens is 1. The van der Waals surface area contributed by atoms with Crippen molar-refractivity contribution in [3.8, 4) is 6.07 Å². The number of nitrogens with zero attached hydrogens (tertiary/aromatic N) is 4. The van der Waals surface area contributed by atoms with Crippen molar-refractivity contribution in [2.75, 3.05) is 9.96 Å². The molecule has 3 atom stereocenters. The van der Waals surface area contributed by atoms with Gasteiger partial charge in [-0.2, -0.15) is 5.26 Å². The number of non-ortho nitro benzene ring substituents is 1. The van der Waals surface area contributed by atoms with E-state index in [1.807, 2.05) is 0 Å². The molecule has 6 rings (SSSR count). The number of nitriles is 1. The summed E-state index contributed by atoms with van der Waals surface area (Å²) in [6.45, 7) is 0. The fraction of sp³-hybridized carbons (Fsp3) is 0.269. The molecule has 3 aliphatic rings. The topological polar surface area (TPSA) is 117 Å². The average molecular weight is 535 g/mol. The van der Waals surface area contributed by atoms with Crippen molar-refractivity contribution in [2.24, 2.45) is 5.92 Å². The standard InChI is InChI=1S/C26H19ClN4O5S/c27-15-8-10-16(11-9-15)30-22(14-4-3-5-17(12-14)31(34)35)21-23(36-30)25(33)29(24(21)32)26-19(13-28)18-6-1-2-7-20(18)37-26/h3-5,8-12,21-23H,1-2,6-7H2/t21-,22-,23-/m1/s1. The lowest BCUT2D eigenvalue weighted by Crippen LogP contribution is -2.37. The number of anilines is 2. The van der Waals surface area contributed by atoms with E-state index in [4.69, 9.17) is 16.4 Å². The smallest absolute Gasteiger partial charge is 0.269 e. The summed E-state index contributed by atoms with van der Waals surface area (Å²) < 4.78 is 0. The summed E-state index contributed by atoms with van der Waals surface area (Å²) in [4.78, 5) is 46.9. The van der Waals surface area contributed by atoms with E-state index in [0.29, 0.717) is 26.8 Å². The van der Waals surface area contributed by atoms with Crippen LogP contribution in [-0.4, -0.2) is 22.8 Å². The highest BCUT2D eigenvalue weighted by atomic mass is 35.5. The molecule has 0 radical (unpaired) electrons. The van der Waals surface area contributed by atoms with Gasteiger partial charge >= 0.3 is 0 Å². The summed E-state index contributed by atoms with van der Waals surface area (Å²) in [5.74, 6) is -1.99. The molecule has 2 aromatic carbocycles. The Hall–Kier alpha value is -3.78. The van der Waals surface area contributed by atoms with Gasteiger partial charge in [-0.3, -0.25) is 24.5 Å². The van der Waals surface area contributed by atoms with Crippen LogP contribution in [0.5, 0.6) is 0 Å². The summed E-state index contributed by atoms with van der Waals surface area (Å²) in [5.41, 5.74) is 2.17. The minimum atomic E-state index is -1.14. The first-order valence-electron chi connectivity index (χ1n) is 11.8. The second kappa shape index (κ2) is 8.95. The highest BCUT2D eigenvalue weighted by Crippen LogP contribution is 2.50. The largest absolute Gasteiger partial charge is 0.273 e. The van der Waals surface area contributed by atoms with Gasteiger partial charge < -0.3 is 0 Å². The number of rotatable bonds is 4. The van der Waals surface area contributed by atoms with Crippen molar-refractivity contribution < 1.29 is 19.3 Å². The monoisotopic (exact) mass is 534 g/mol. The van der Waals surface area contributed by atoms with Gasteiger partial charge in [-0.05, 0) is 61.1 Å². The van der Waals surface area contributed by atoms with Crippen LogP contribution in [0.3, 0.4) is 0 Å². The van der Waals surface area contributed by atoms with E-state index in [-0.39, 0.29) is 5.69 Å². The zero-order valence-corrected chi connectivity index (χ0v) is 20.9. The van der Waals surface area contributed by atoms with E-state index >= 15 is 0 Å². The number of hydroxylamine groups is 1. The first-order chi connectivity index (χ1) is 17.9. The van der Waals surface area contributed by atoms with Gasteiger partial charge in [-0.25, -0.2) is 9.96 Å². The van der Waals surface area contributed by atoms with Crippen molar-refractivity contribution in [1.82, 2.24) is 0 Å². The number of hydrogen-bond donors (Lipinski definition) is 0. The quantitative estimate of drug-likeness (QED) is 0.259. The summed E-state index contributed by atoms with van der Waals surface area (Å²) in [5, 5.41) is 23.7. The summed E-state index contributed by atoms with van der Waals surface area (Å²) >= 11 is 7.37. The van der Waals surface area contributed by atoms with Crippen LogP contribution in [0.1, 0.15) is 40.5 Å². The zero-order valence-electron chi connectivity index (χ0n) is 19.3. The second-order valence-electron chi connectivity index (χ2n) is 9.17. The molecule has 11 heteroatoms. The predicted molar refractivity (Wildman–Crippen MR) is 136 cm³/mol. The van der Waals surface area contributed by atoms with Crippen LogP contribution < -0.4 is 9.96 Å². The Morgan fingerprint density at radius 3 is 2.59 bits per heavy atom. The first-order valence-corrected chi connectivity index (χ1v) is 13.0. The van der Waals surface area contributed by atoms with Crippen molar-refractivity contribution in [3.05, 3.63) is 85.2 Å². The lowest BCUT2D eigenvalue weighted by atomic mass is 9.90. The maximum absolute atomic E-state index is 14.0. The van der Waals surface area contributed by atoms with Crippen LogP contribution in [0.25, 0.3) is 0 Å². The van der Waals surface area contributed by atoms with Crippen molar-refractivity contribution in [1.29, 1.82) is 5.26 Å². The Balaban J connectivity index is 1.45. The molecule has 1 aliphatic carbocycles. The fourth-order valence-electron chi connectivity index (χ4n) is 5.41. The van der Waals surface area contributed by atoms with Gasteiger partial charge in [0.15, 0.2) is 6.10 Å². The van der Waals surface area contributed by atoms with E-state index in [1.54, 1.807) is 36.4 Å². The van der Waals surface area contributed by atoms with Gasteiger partial charge in [0.05, 0.1) is 22.2 Å². The number of benzene rings is 2. The number of hydrogen-bond acceptors (Lipinski definition) is 8. The van der Waals surface area contributed by atoms with Gasteiger partial charge in [-0.1, -0.05) is 23.7 Å². The number of fused-ring (bicyclic) bond motifs is 2. The molecule has 0 N–H and O–H groups in total. The SMILES string of the molecule is N#Cc1c(N2C(=O)[C@@H]3[C@@H](c4cccc([N+](=O)[O-])c4)N(c4ccc(Cl)cc4)O[C@H]3C2=O)sc2c1CCCC2. The number of aryl methyl sites for hydroxylation is 1. The van der Waals surface area contributed by atoms with Gasteiger partial charge in [0.1, 0.15) is 17.0 Å². The molecule has 9 nitrogen and oxygen atoms in total. The molecule has 0 unspecified atom stereocenters. The molecule has 2 amide bonds. The Morgan fingerprint density at radius 2 is 1.86 bits per heavy atom. The molecular weight excluding hydrogens is 516 g/mol. The molecule has 0 saturated carbocycles. The number of thiophene rings is 1. The van der Waals surface area contributed by atoms with Crippen molar-refractivity contribution in [3.63, 3.8) is 0 Å². The fourth-order valence-corrected chi connectivity index (χ4v) is 6.89. The summed E-state index contributed by atoms with van der Waals surface area (Å²) in [6, 6.07) is 14.1. The minimum absolute atomic E-state index is 0.136. The molecule has 0 bridgehead atoms. The van der Waals surface area contributed by atoms with E-state index < -0.39 is 34.8 Å². The van der Waals surface area contributed by atoms with Crippen LogP contribution in [0.2, 0.25) is 5.02 Å². The van der Waals surface area contributed by atoms with E-state index in [9.17, 15) is 25.0 Å². The molecule has 2 aliphatic heterocycles. The molecule has 37 heavy (non-hydrogen) atoms. The molecule has 0 spiro atoms. The Labute approximate surface area is 220 Å². The third-order valence-electron chi connectivity index (χ3n) is 7.09. The first kappa shape index (κ1) is 23.6. The number of amides is 2. The highest BCUT2D eigenvalue weighted by molar-refractivity contribution is 7.17. The molecule has 3 heterocycles. The number of carbonyl (C=O) groups excluding carboxylic acids is 2. The van der Waals surface area contributed by atoms with Crippen molar-refractivity contribution in [2.45, 2.75) is 37.8 Å². The van der Waals surface area contributed by atoms with E-state index in [0.717, 1.165) is 41.0 Å². The normalized spacial score (nSPS) is 22.6. The third-order valence-corrected chi connectivity index (χ3v) is 8.62. The Bertz CT molecular complexity index is 1500. The lowest BCUT2D eigenvalue weighted by molar-refractivity contribution is -0.384. The predicted octanol–water partition coefficient (Wildman–Crippen LogP) is 5.11.